The number of fused-ring (bicyclic) bond motifs is 1. The first kappa shape index (κ1) is 16.2. The van der Waals surface area contributed by atoms with Gasteiger partial charge in [0.15, 0.2) is 0 Å². The molecule has 3 atom stereocenters. The van der Waals surface area contributed by atoms with Crippen molar-refractivity contribution in [2.24, 2.45) is 0 Å². The Labute approximate surface area is 125 Å². The van der Waals surface area contributed by atoms with Crippen molar-refractivity contribution in [1.82, 2.24) is 5.32 Å². The van der Waals surface area contributed by atoms with Crippen molar-refractivity contribution in [3.05, 3.63) is 29.3 Å². The van der Waals surface area contributed by atoms with Gasteiger partial charge < -0.3 is 25.4 Å². The summed E-state index contributed by atoms with van der Waals surface area (Å²) in [7, 11) is 0. The van der Waals surface area contributed by atoms with E-state index in [1.165, 1.54) is 0 Å². The third-order valence-electron chi connectivity index (χ3n) is 3.71. The Morgan fingerprint density at radius 1 is 1.24 bits per heavy atom. The van der Waals surface area contributed by atoms with Crippen LogP contribution in [0.1, 0.15) is 25.0 Å². The Kier molecular flexibility index (Phi) is 5.58. The lowest BCUT2D eigenvalue weighted by Crippen LogP contribution is -2.36. The summed E-state index contributed by atoms with van der Waals surface area (Å²) in [6.07, 6.45) is -1.23. The quantitative estimate of drug-likeness (QED) is 0.605. The van der Waals surface area contributed by atoms with Crippen LogP contribution in [-0.2, 0) is 12.8 Å². The van der Waals surface area contributed by atoms with E-state index in [2.05, 4.69) is 5.32 Å². The van der Waals surface area contributed by atoms with Crippen molar-refractivity contribution in [2.75, 3.05) is 13.2 Å². The number of hydrogen-bond donors (Lipinski definition) is 4. The van der Waals surface area contributed by atoms with Gasteiger partial charge in [0.25, 0.3) is 0 Å². The highest BCUT2D eigenvalue weighted by Gasteiger charge is 2.27. The molecule has 0 saturated carbocycles. The Morgan fingerprint density at radius 2 is 1.95 bits per heavy atom. The molecule has 0 aromatic heterocycles. The zero-order valence-corrected chi connectivity index (χ0v) is 12.6. The molecule has 0 bridgehead atoms. The molecule has 5 heteroatoms. The van der Waals surface area contributed by atoms with E-state index in [0.717, 1.165) is 11.1 Å². The van der Waals surface area contributed by atoms with Gasteiger partial charge in [0.05, 0.1) is 12.2 Å². The van der Waals surface area contributed by atoms with Gasteiger partial charge in [-0.1, -0.05) is 26.0 Å². The van der Waals surface area contributed by atoms with Crippen LogP contribution in [0.25, 0.3) is 0 Å². The molecular formula is C16H25NO4. The van der Waals surface area contributed by atoms with Gasteiger partial charge in [-0.25, -0.2) is 0 Å². The van der Waals surface area contributed by atoms with Gasteiger partial charge in [-0.2, -0.15) is 0 Å². The summed E-state index contributed by atoms with van der Waals surface area (Å²) in [6, 6.07) is 5.97. The van der Waals surface area contributed by atoms with Crippen LogP contribution in [0.3, 0.4) is 0 Å². The average molecular weight is 295 g/mol. The fourth-order valence-corrected chi connectivity index (χ4v) is 2.49. The second kappa shape index (κ2) is 7.22. The molecular weight excluding hydrogens is 270 g/mol. The summed E-state index contributed by atoms with van der Waals surface area (Å²) in [4.78, 5) is 0. The third kappa shape index (κ3) is 4.41. The molecule has 0 radical (unpaired) electrons. The molecule has 1 aliphatic carbocycles. The first-order chi connectivity index (χ1) is 9.97. The maximum Gasteiger partial charge on any atom is 0.123 e. The molecule has 0 fully saturated rings. The maximum atomic E-state index is 9.88. The minimum atomic E-state index is -0.755. The molecule has 5 nitrogen and oxygen atoms in total. The number of aliphatic hydroxyl groups excluding tert-OH is 3. The minimum absolute atomic E-state index is 0.203. The normalized spacial score (nSPS) is 23.0. The zero-order chi connectivity index (χ0) is 15.4. The van der Waals surface area contributed by atoms with E-state index in [-0.39, 0.29) is 6.61 Å². The van der Waals surface area contributed by atoms with Crippen LogP contribution in [0.4, 0.5) is 0 Å². The van der Waals surface area contributed by atoms with Gasteiger partial charge in [-0.3, -0.25) is 0 Å². The molecule has 0 spiro atoms. The monoisotopic (exact) mass is 295 g/mol. The van der Waals surface area contributed by atoms with E-state index < -0.39 is 18.3 Å². The average Bonchev–Trinajstić information content (AvgIpc) is 2.44. The number of rotatable bonds is 6. The van der Waals surface area contributed by atoms with Crippen molar-refractivity contribution in [2.45, 2.75) is 51.0 Å². The fourth-order valence-electron chi connectivity index (χ4n) is 2.49. The fraction of sp³-hybridized carbons (Fsp3) is 0.625. The predicted octanol–water partition coefficient (Wildman–Crippen LogP) is 0.245. The van der Waals surface area contributed by atoms with E-state index in [4.69, 9.17) is 4.74 Å². The van der Waals surface area contributed by atoms with E-state index in [0.29, 0.717) is 31.2 Å². The van der Waals surface area contributed by atoms with Crippen molar-refractivity contribution >= 4 is 0 Å². The number of hydrogen-bond acceptors (Lipinski definition) is 5. The highest BCUT2D eigenvalue weighted by atomic mass is 16.5. The highest BCUT2D eigenvalue weighted by Crippen LogP contribution is 2.30. The number of benzene rings is 1. The van der Waals surface area contributed by atoms with Crippen LogP contribution in [0.15, 0.2) is 18.2 Å². The van der Waals surface area contributed by atoms with Gasteiger partial charge in [-0.05, 0) is 11.6 Å². The SMILES string of the molecule is CC(C)NCC(O)COc1cccc2c1C[C@@H](O)[C@@H](O)C2. The van der Waals surface area contributed by atoms with Crippen molar-refractivity contribution in [3.63, 3.8) is 0 Å². The summed E-state index contributed by atoms with van der Waals surface area (Å²) in [5.74, 6) is 0.682. The molecule has 21 heavy (non-hydrogen) atoms. The smallest absolute Gasteiger partial charge is 0.123 e. The molecule has 0 heterocycles. The van der Waals surface area contributed by atoms with Gasteiger partial charge in [0, 0.05) is 31.0 Å². The lowest BCUT2D eigenvalue weighted by molar-refractivity contribution is 0.0132. The summed E-state index contributed by atoms with van der Waals surface area (Å²) in [5, 5.41) is 32.6. The van der Waals surface area contributed by atoms with Gasteiger partial charge >= 0.3 is 0 Å². The minimum Gasteiger partial charge on any atom is -0.491 e. The van der Waals surface area contributed by atoms with Gasteiger partial charge in [-0.15, -0.1) is 0 Å². The molecule has 118 valence electrons. The molecule has 1 aromatic carbocycles. The van der Waals surface area contributed by atoms with Crippen LogP contribution in [0.5, 0.6) is 5.75 Å². The Morgan fingerprint density at radius 3 is 2.67 bits per heavy atom. The predicted molar refractivity (Wildman–Crippen MR) is 80.5 cm³/mol. The van der Waals surface area contributed by atoms with Gasteiger partial charge in [0.2, 0.25) is 0 Å². The van der Waals surface area contributed by atoms with Crippen LogP contribution in [0.2, 0.25) is 0 Å². The Bertz CT molecular complexity index is 464. The second-order valence-electron chi connectivity index (χ2n) is 5.96. The lowest BCUT2D eigenvalue weighted by Gasteiger charge is -2.27. The zero-order valence-electron chi connectivity index (χ0n) is 12.6. The van der Waals surface area contributed by atoms with Crippen LogP contribution in [0, 0.1) is 0 Å². The highest BCUT2D eigenvalue weighted by molar-refractivity contribution is 5.43. The van der Waals surface area contributed by atoms with E-state index in [1.54, 1.807) is 0 Å². The van der Waals surface area contributed by atoms with Crippen LogP contribution in [-0.4, -0.2) is 52.8 Å². The molecule has 0 amide bonds. The third-order valence-corrected chi connectivity index (χ3v) is 3.71. The maximum absolute atomic E-state index is 9.88. The van der Waals surface area contributed by atoms with E-state index >= 15 is 0 Å². The van der Waals surface area contributed by atoms with Crippen LogP contribution < -0.4 is 10.1 Å². The summed E-state index contributed by atoms with van der Waals surface area (Å²) in [5.41, 5.74) is 1.93. The van der Waals surface area contributed by atoms with Crippen molar-refractivity contribution < 1.29 is 20.1 Å². The molecule has 0 saturated heterocycles. The largest absolute Gasteiger partial charge is 0.491 e. The molecule has 1 aromatic rings. The molecule has 0 aliphatic heterocycles. The number of nitrogens with one attached hydrogen (secondary N) is 1. The first-order valence-corrected chi connectivity index (χ1v) is 7.48. The van der Waals surface area contributed by atoms with Crippen molar-refractivity contribution in [1.29, 1.82) is 0 Å². The first-order valence-electron chi connectivity index (χ1n) is 7.48. The van der Waals surface area contributed by atoms with Crippen molar-refractivity contribution in [3.8, 4) is 5.75 Å². The Hall–Kier alpha value is -1.14. The summed E-state index contributed by atoms with van der Waals surface area (Å²) in [6.45, 7) is 4.73. The van der Waals surface area contributed by atoms with Crippen LogP contribution >= 0.6 is 0 Å². The van der Waals surface area contributed by atoms with E-state index in [1.807, 2.05) is 32.0 Å². The number of aliphatic hydroxyl groups is 3. The molecule has 1 aliphatic rings. The molecule has 2 rings (SSSR count). The Balaban J connectivity index is 1.97. The molecule has 4 N–H and O–H groups in total. The summed E-state index contributed by atoms with van der Waals surface area (Å²) >= 11 is 0. The second-order valence-corrected chi connectivity index (χ2v) is 5.96. The standard InChI is InChI=1S/C16H25NO4/c1-10(2)17-8-12(18)9-21-16-5-3-4-11-6-14(19)15(20)7-13(11)16/h3-5,10,12,14-15,17-20H,6-9H2,1-2H3/t12?,14-,15+/m0/s1. The topological polar surface area (TPSA) is 82.0 Å². The lowest BCUT2D eigenvalue weighted by atomic mass is 9.87. The summed E-state index contributed by atoms with van der Waals surface area (Å²) < 4.78 is 5.70. The van der Waals surface area contributed by atoms with Gasteiger partial charge in [0.1, 0.15) is 18.5 Å². The molecule has 1 unspecified atom stereocenters. The number of ether oxygens (including phenoxy) is 1. The van der Waals surface area contributed by atoms with E-state index in [9.17, 15) is 15.3 Å².